The van der Waals surface area contributed by atoms with Crippen molar-refractivity contribution in [2.45, 2.75) is 51.9 Å². The molecule has 2 aliphatic heterocycles. The second-order valence-corrected chi connectivity index (χ2v) is 8.04. The van der Waals surface area contributed by atoms with Crippen LogP contribution in [0, 0.1) is 13.8 Å². The molecular formula is C17H21N5O4S. The van der Waals surface area contributed by atoms with Crippen LogP contribution in [0.15, 0.2) is 4.52 Å². The fourth-order valence-electron chi connectivity index (χ4n) is 3.93. The zero-order valence-corrected chi connectivity index (χ0v) is 16.3. The summed E-state index contributed by atoms with van der Waals surface area (Å²) in [5.41, 5.74) is 0.753. The summed E-state index contributed by atoms with van der Waals surface area (Å²) in [5.74, 6) is 0.816. The number of thiazole rings is 1. The standard InChI is InChI=1S/C17H21N5O4S/c1-9-16(27-10(2)18-9)17(24)21-5-4-11-12(21)6-15(23)22(11)7-14-19-13(8-25-3)20-26-14/h11-12H,4-8H2,1-3H3/t11-,12-/m0/s1. The van der Waals surface area contributed by atoms with E-state index in [1.165, 1.54) is 11.3 Å². The minimum absolute atomic E-state index is 0.00574. The molecule has 0 bridgehead atoms. The smallest absolute Gasteiger partial charge is 0.266 e. The van der Waals surface area contributed by atoms with Crippen molar-refractivity contribution in [2.24, 2.45) is 0 Å². The van der Waals surface area contributed by atoms with Gasteiger partial charge in [-0.2, -0.15) is 4.98 Å². The Balaban J connectivity index is 1.49. The predicted octanol–water partition coefficient (Wildman–Crippen LogP) is 1.30. The number of amides is 2. The van der Waals surface area contributed by atoms with Gasteiger partial charge < -0.3 is 19.1 Å². The average Bonchev–Trinajstić information content (AvgIpc) is 3.36. The highest BCUT2D eigenvalue weighted by Gasteiger charge is 2.49. The lowest BCUT2D eigenvalue weighted by molar-refractivity contribution is -0.130. The van der Waals surface area contributed by atoms with E-state index in [0.717, 1.165) is 17.1 Å². The number of methoxy groups -OCH3 is 1. The normalized spacial score (nSPS) is 22.0. The first-order chi connectivity index (χ1) is 13.0. The highest BCUT2D eigenvalue weighted by Crippen LogP contribution is 2.35. The summed E-state index contributed by atoms with van der Waals surface area (Å²) in [5, 5.41) is 4.71. The number of carbonyl (C=O) groups is 2. The summed E-state index contributed by atoms with van der Waals surface area (Å²) in [6, 6.07) is -0.137. The molecule has 0 radical (unpaired) electrons. The van der Waals surface area contributed by atoms with Crippen molar-refractivity contribution in [3.63, 3.8) is 0 Å². The van der Waals surface area contributed by atoms with E-state index in [9.17, 15) is 9.59 Å². The minimum Gasteiger partial charge on any atom is -0.377 e. The maximum Gasteiger partial charge on any atom is 0.266 e. The molecule has 2 saturated heterocycles. The molecule has 0 aromatic carbocycles. The number of ether oxygens (including phenoxy) is 1. The second kappa shape index (κ2) is 7.01. The van der Waals surface area contributed by atoms with Crippen molar-refractivity contribution in [1.82, 2.24) is 24.9 Å². The number of hydrogen-bond acceptors (Lipinski definition) is 8. The molecule has 2 atom stereocenters. The molecule has 0 spiro atoms. The molecule has 2 fully saturated rings. The van der Waals surface area contributed by atoms with Crippen molar-refractivity contribution in [1.29, 1.82) is 0 Å². The highest BCUT2D eigenvalue weighted by atomic mass is 32.1. The molecule has 0 aliphatic carbocycles. The van der Waals surface area contributed by atoms with Gasteiger partial charge in [0.2, 0.25) is 11.8 Å². The van der Waals surface area contributed by atoms with Crippen LogP contribution in [0.4, 0.5) is 0 Å². The Labute approximate surface area is 160 Å². The number of aryl methyl sites for hydroxylation is 2. The van der Waals surface area contributed by atoms with Gasteiger partial charge in [-0.3, -0.25) is 9.59 Å². The minimum atomic E-state index is -0.117. The van der Waals surface area contributed by atoms with E-state index < -0.39 is 0 Å². The van der Waals surface area contributed by atoms with Crippen LogP contribution in [-0.2, 0) is 22.7 Å². The summed E-state index contributed by atoms with van der Waals surface area (Å²) >= 11 is 1.41. The third kappa shape index (κ3) is 3.23. The van der Waals surface area contributed by atoms with Crippen LogP contribution in [0.3, 0.4) is 0 Å². The first-order valence-electron chi connectivity index (χ1n) is 8.82. The molecule has 4 heterocycles. The highest BCUT2D eigenvalue weighted by molar-refractivity contribution is 7.13. The quantitative estimate of drug-likeness (QED) is 0.757. The lowest BCUT2D eigenvalue weighted by Gasteiger charge is -2.24. The van der Waals surface area contributed by atoms with Gasteiger partial charge in [0.1, 0.15) is 18.0 Å². The fourth-order valence-corrected chi connectivity index (χ4v) is 4.81. The number of nitrogens with zero attached hydrogens (tertiary/aromatic N) is 5. The van der Waals surface area contributed by atoms with Gasteiger partial charge >= 0.3 is 0 Å². The Morgan fingerprint density at radius 3 is 2.85 bits per heavy atom. The summed E-state index contributed by atoms with van der Waals surface area (Å²) in [6.07, 6.45) is 1.07. The van der Waals surface area contributed by atoms with Gasteiger partial charge in [0.05, 0.1) is 22.8 Å². The molecular weight excluding hydrogens is 370 g/mol. The van der Waals surface area contributed by atoms with E-state index in [1.807, 2.05) is 18.7 Å². The van der Waals surface area contributed by atoms with Crippen molar-refractivity contribution in [3.8, 4) is 0 Å². The van der Waals surface area contributed by atoms with Gasteiger partial charge in [0, 0.05) is 20.1 Å². The monoisotopic (exact) mass is 391 g/mol. The Morgan fingerprint density at radius 2 is 2.15 bits per heavy atom. The molecule has 9 nitrogen and oxygen atoms in total. The van der Waals surface area contributed by atoms with Crippen LogP contribution in [0.5, 0.6) is 0 Å². The summed E-state index contributed by atoms with van der Waals surface area (Å²) in [7, 11) is 1.56. The molecule has 2 aliphatic rings. The van der Waals surface area contributed by atoms with E-state index in [2.05, 4.69) is 15.1 Å². The molecule has 0 unspecified atom stereocenters. The molecule has 2 aromatic heterocycles. The second-order valence-electron chi connectivity index (χ2n) is 6.83. The van der Waals surface area contributed by atoms with E-state index in [-0.39, 0.29) is 37.0 Å². The van der Waals surface area contributed by atoms with Gasteiger partial charge in [-0.1, -0.05) is 5.16 Å². The van der Waals surface area contributed by atoms with Gasteiger partial charge in [-0.15, -0.1) is 11.3 Å². The molecule has 0 saturated carbocycles. The van der Waals surface area contributed by atoms with Crippen LogP contribution in [0.2, 0.25) is 0 Å². The summed E-state index contributed by atoms with van der Waals surface area (Å²) in [4.78, 5) is 38.4. The number of rotatable bonds is 5. The number of likely N-dealkylation sites (tertiary alicyclic amines) is 2. The first kappa shape index (κ1) is 18.1. The lowest BCUT2D eigenvalue weighted by atomic mass is 10.1. The zero-order chi connectivity index (χ0) is 19.1. The number of carbonyl (C=O) groups excluding carboxylic acids is 2. The third-order valence-electron chi connectivity index (χ3n) is 5.06. The van der Waals surface area contributed by atoms with E-state index in [0.29, 0.717) is 29.6 Å². The van der Waals surface area contributed by atoms with Crippen LogP contribution in [-0.4, -0.2) is 62.5 Å². The molecule has 10 heteroatoms. The van der Waals surface area contributed by atoms with Crippen molar-refractivity contribution < 1.29 is 18.8 Å². The van der Waals surface area contributed by atoms with Crippen LogP contribution in [0.1, 0.15) is 44.9 Å². The third-order valence-corrected chi connectivity index (χ3v) is 6.12. The maximum atomic E-state index is 13.0. The first-order valence-corrected chi connectivity index (χ1v) is 9.64. The molecule has 144 valence electrons. The van der Waals surface area contributed by atoms with Crippen molar-refractivity contribution in [3.05, 3.63) is 27.3 Å². The Morgan fingerprint density at radius 1 is 1.33 bits per heavy atom. The van der Waals surface area contributed by atoms with Crippen molar-refractivity contribution in [2.75, 3.05) is 13.7 Å². The van der Waals surface area contributed by atoms with Gasteiger partial charge in [-0.05, 0) is 20.3 Å². The molecule has 2 amide bonds. The number of fused-ring (bicyclic) bond motifs is 1. The predicted molar refractivity (Wildman–Crippen MR) is 95.0 cm³/mol. The molecule has 2 aromatic rings. The van der Waals surface area contributed by atoms with Gasteiger partial charge in [0.25, 0.3) is 5.91 Å². The van der Waals surface area contributed by atoms with Gasteiger partial charge in [-0.25, -0.2) is 4.98 Å². The maximum absolute atomic E-state index is 13.0. The van der Waals surface area contributed by atoms with Crippen LogP contribution >= 0.6 is 11.3 Å². The Hall–Kier alpha value is -2.33. The van der Waals surface area contributed by atoms with E-state index >= 15 is 0 Å². The molecule has 4 rings (SSSR count). The molecule has 0 N–H and O–H groups in total. The topological polar surface area (TPSA) is 102 Å². The summed E-state index contributed by atoms with van der Waals surface area (Å²) < 4.78 is 10.2. The van der Waals surface area contributed by atoms with Crippen LogP contribution < -0.4 is 0 Å². The Kier molecular flexibility index (Phi) is 4.68. The Bertz CT molecular complexity index is 879. The van der Waals surface area contributed by atoms with Gasteiger partial charge in [0.15, 0.2) is 5.82 Å². The van der Waals surface area contributed by atoms with Crippen molar-refractivity contribution >= 4 is 23.2 Å². The fraction of sp³-hybridized carbons (Fsp3) is 0.588. The lowest BCUT2D eigenvalue weighted by Crippen LogP contribution is -2.39. The number of hydrogen-bond donors (Lipinski definition) is 0. The zero-order valence-electron chi connectivity index (χ0n) is 15.5. The van der Waals surface area contributed by atoms with E-state index in [1.54, 1.807) is 12.0 Å². The SMILES string of the molecule is COCc1noc(CN2C(=O)C[C@H]3[C@@H]2CCN3C(=O)c2sc(C)nc2C)n1. The van der Waals surface area contributed by atoms with E-state index in [4.69, 9.17) is 9.26 Å². The van der Waals surface area contributed by atoms with Crippen LogP contribution in [0.25, 0.3) is 0 Å². The largest absolute Gasteiger partial charge is 0.377 e. The number of aromatic nitrogens is 3. The average molecular weight is 391 g/mol. The summed E-state index contributed by atoms with van der Waals surface area (Å²) in [6.45, 7) is 4.90. The molecule has 27 heavy (non-hydrogen) atoms.